The number of amides is 2. The Labute approximate surface area is 129 Å². The van der Waals surface area contributed by atoms with Crippen LogP contribution < -0.4 is 15.4 Å². The van der Waals surface area contributed by atoms with Crippen molar-refractivity contribution in [3.8, 4) is 5.75 Å². The second-order valence-corrected chi connectivity index (χ2v) is 5.04. The molecule has 1 atom stereocenters. The zero-order valence-corrected chi connectivity index (χ0v) is 13.3. The minimum atomic E-state index is -0.247. The van der Waals surface area contributed by atoms with Gasteiger partial charge in [0.1, 0.15) is 11.4 Å². The lowest BCUT2D eigenvalue weighted by atomic mass is 10.0. The summed E-state index contributed by atoms with van der Waals surface area (Å²) < 4.78 is 7.18. The molecule has 0 aliphatic heterocycles. The fourth-order valence-electron chi connectivity index (χ4n) is 2.17. The SMILES string of the molecule is CNC(=O)NCc1cn([C@@H](C)c2cc(C)ccc2OC)nn1. The van der Waals surface area contributed by atoms with Crippen LogP contribution in [0.5, 0.6) is 5.75 Å². The van der Waals surface area contributed by atoms with Gasteiger partial charge in [0.05, 0.1) is 25.9 Å². The average Bonchev–Trinajstić information content (AvgIpc) is 3.00. The van der Waals surface area contributed by atoms with Crippen molar-refractivity contribution < 1.29 is 9.53 Å². The Morgan fingerprint density at radius 2 is 2.23 bits per heavy atom. The third-order valence-electron chi connectivity index (χ3n) is 3.45. The molecule has 0 aliphatic carbocycles. The summed E-state index contributed by atoms with van der Waals surface area (Å²) in [5.74, 6) is 0.818. The van der Waals surface area contributed by atoms with Crippen molar-refractivity contribution in [3.05, 3.63) is 41.2 Å². The number of methoxy groups -OCH3 is 1. The van der Waals surface area contributed by atoms with Gasteiger partial charge < -0.3 is 15.4 Å². The topological polar surface area (TPSA) is 81.1 Å². The predicted molar refractivity (Wildman–Crippen MR) is 82.9 cm³/mol. The van der Waals surface area contributed by atoms with E-state index >= 15 is 0 Å². The maximum atomic E-state index is 11.2. The summed E-state index contributed by atoms with van der Waals surface area (Å²) in [6.45, 7) is 4.40. The summed E-state index contributed by atoms with van der Waals surface area (Å²) in [6.07, 6.45) is 1.82. The molecule has 118 valence electrons. The standard InChI is InChI=1S/C15H21N5O2/c1-10-5-6-14(22-4)13(7-10)11(2)20-9-12(18-19-20)8-17-15(21)16-3/h5-7,9,11H,8H2,1-4H3,(H2,16,17,21)/t11-/m0/s1. The highest BCUT2D eigenvalue weighted by Crippen LogP contribution is 2.28. The molecular formula is C15H21N5O2. The number of benzene rings is 1. The van der Waals surface area contributed by atoms with Gasteiger partial charge in [-0.1, -0.05) is 22.9 Å². The van der Waals surface area contributed by atoms with Crippen molar-refractivity contribution in [2.45, 2.75) is 26.4 Å². The largest absolute Gasteiger partial charge is 0.496 e. The predicted octanol–water partition coefficient (Wildman–Crippen LogP) is 1.63. The first kappa shape index (κ1) is 15.8. The van der Waals surface area contributed by atoms with Gasteiger partial charge >= 0.3 is 6.03 Å². The third-order valence-corrected chi connectivity index (χ3v) is 3.45. The van der Waals surface area contributed by atoms with E-state index < -0.39 is 0 Å². The molecule has 0 spiro atoms. The van der Waals surface area contributed by atoms with Crippen LogP contribution in [0.3, 0.4) is 0 Å². The average molecular weight is 303 g/mol. The summed E-state index contributed by atoms with van der Waals surface area (Å²) in [7, 11) is 3.22. The third kappa shape index (κ3) is 3.55. The zero-order chi connectivity index (χ0) is 16.1. The van der Waals surface area contributed by atoms with Crippen molar-refractivity contribution in [1.29, 1.82) is 0 Å². The van der Waals surface area contributed by atoms with E-state index in [-0.39, 0.29) is 12.1 Å². The van der Waals surface area contributed by atoms with Crippen molar-refractivity contribution in [2.24, 2.45) is 0 Å². The molecule has 2 rings (SSSR count). The van der Waals surface area contributed by atoms with Crippen LogP contribution in [0.15, 0.2) is 24.4 Å². The lowest BCUT2D eigenvalue weighted by molar-refractivity contribution is 0.242. The van der Waals surface area contributed by atoms with Crippen molar-refractivity contribution in [3.63, 3.8) is 0 Å². The van der Waals surface area contributed by atoms with Crippen LogP contribution in [-0.4, -0.2) is 35.2 Å². The van der Waals surface area contributed by atoms with Gasteiger partial charge in [0, 0.05) is 12.6 Å². The van der Waals surface area contributed by atoms with Crippen LogP contribution in [0.2, 0.25) is 0 Å². The summed E-state index contributed by atoms with van der Waals surface area (Å²) >= 11 is 0. The molecule has 0 radical (unpaired) electrons. The molecule has 0 bridgehead atoms. The molecule has 1 heterocycles. The van der Waals surface area contributed by atoms with E-state index in [1.165, 1.54) is 0 Å². The van der Waals surface area contributed by atoms with Crippen LogP contribution in [0.4, 0.5) is 4.79 Å². The normalized spacial score (nSPS) is 11.8. The molecule has 1 aromatic heterocycles. The smallest absolute Gasteiger partial charge is 0.314 e. The van der Waals surface area contributed by atoms with Gasteiger partial charge in [-0.15, -0.1) is 5.10 Å². The highest BCUT2D eigenvalue weighted by atomic mass is 16.5. The van der Waals surface area contributed by atoms with Gasteiger partial charge in [0.15, 0.2) is 0 Å². The maximum absolute atomic E-state index is 11.2. The number of nitrogens with one attached hydrogen (secondary N) is 2. The summed E-state index contributed by atoms with van der Waals surface area (Å²) in [4.78, 5) is 11.2. The maximum Gasteiger partial charge on any atom is 0.314 e. The molecule has 22 heavy (non-hydrogen) atoms. The number of aromatic nitrogens is 3. The molecule has 2 N–H and O–H groups in total. The summed E-state index contributed by atoms with van der Waals surface area (Å²) in [5, 5.41) is 13.4. The highest BCUT2D eigenvalue weighted by Gasteiger charge is 2.15. The van der Waals surface area contributed by atoms with Crippen molar-refractivity contribution in [1.82, 2.24) is 25.6 Å². The minimum Gasteiger partial charge on any atom is -0.496 e. The first-order chi connectivity index (χ1) is 10.5. The molecule has 7 nitrogen and oxygen atoms in total. The van der Waals surface area contributed by atoms with Crippen molar-refractivity contribution in [2.75, 3.05) is 14.2 Å². The van der Waals surface area contributed by atoms with Crippen LogP contribution in [-0.2, 0) is 6.54 Å². The lowest BCUT2D eigenvalue weighted by Crippen LogP contribution is -2.32. The number of ether oxygens (including phenoxy) is 1. The minimum absolute atomic E-state index is 0.0175. The van der Waals surface area contributed by atoms with E-state index in [9.17, 15) is 4.79 Å². The number of carbonyl (C=O) groups is 1. The van der Waals surface area contributed by atoms with E-state index in [4.69, 9.17) is 4.74 Å². The van der Waals surface area contributed by atoms with Crippen molar-refractivity contribution >= 4 is 6.03 Å². The second-order valence-electron chi connectivity index (χ2n) is 5.04. The number of hydrogen-bond donors (Lipinski definition) is 2. The molecular weight excluding hydrogens is 282 g/mol. The van der Waals surface area contributed by atoms with Gasteiger partial charge in [0.25, 0.3) is 0 Å². The second kappa shape index (κ2) is 6.93. The van der Waals surface area contributed by atoms with Gasteiger partial charge in [-0.25, -0.2) is 9.48 Å². The van der Waals surface area contributed by atoms with Crippen LogP contribution >= 0.6 is 0 Å². The van der Waals surface area contributed by atoms with E-state index in [0.29, 0.717) is 12.2 Å². The number of urea groups is 1. The van der Waals surface area contributed by atoms with Gasteiger partial charge in [-0.2, -0.15) is 0 Å². The van der Waals surface area contributed by atoms with Crippen LogP contribution in [0.1, 0.15) is 29.8 Å². The number of hydrogen-bond acceptors (Lipinski definition) is 4. The lowest BCUT2D eigenvalue weighted by Gasteiger charge is -2.16. The Bertz CT molecular complexity index is 653. The molecule has 0 saturated heterocycles. The molecule has 7 heteroatoms. The van der Waals surface area contributed by atoms with Gasteiger partial charge in [-0.3, -0.25) is 0 Å². The zero-order valence-electron chi connectivity index (χ0n) is 13.3. The van der Waals surface area contributed by atoms with Crippen LogP contribution in [0.25, 0.3) is 0 Å². The molecule has 0 fully saturated rings. The van der Waals surface area contributed by atoms with Gasteiger partial charge in [0.2, 0.25) is 0 Å². The van der Waals surface area contributed by atoms with Gasteiger partial charge in [-0.05, 0) is 19.9 Å². The Hall–Kier alpha value is -2.57. The molecule has 0 unspecified atom stereocenters. The number of nitrogens with zero attached hydrogens (tertiary/aromatic N) is 3. The highest BCUT2D eigenvalue weighted by molar-refractivity contribution is 5.73. The molecule has 0 saturated carbocycles. The first-order valence-electron chi connectivity index (χ1n) is 7.06. The Kier molecular flexibility index (Phi) is 4.98. The number of aryl methyl sites for hydroxylation is 1. The fourth-order valence-corrected chi connectivity index (χ4v) is 2.17. The Morgan fingerprint density at radius 1 is 1.45 bits per heavy atom. The van der Waals surface area contributed by atoms with E-state index in [1.807, 2.05) is 32.2 Å². The summed E-state index contributed by atoms with van der Waals surface area (Å²) in [6, 6.07) is 5.77. The number of carbonyl (C=O) groups excluding carboxylic acids is 1. The molecule has 1 aromatic carbocycles. The van der Waals surface area contributed by atoms with E-state index in [1.54, 1.807) is 18.8 Å². The quantitative estimate of drug-likeness (QED) is 0.879. The van der Waals surface area contributed by atoms with Crippen LogP contribution in [0, 0.1) is 6.92 Å². The van der Waals surface area contributed by atoms with E-state index in [0.717, 1.165) is 16.9 Å². The Morgan fingerprint density at radius 3 is 2.91 bits per heavy atom. The fraction of sp³-hybridized carbons (Fsp3) is 0.400. The first-order valence-corrected chi connectivity index (χ1v) is 7.06. The molecule has 0 aliphatic rings. The molecule has 2 aromatic rings. The summed E-state index contributed by atoms with van der Waals surface area (Å²) in [5.41, 5.74) is 2.89. The molecule has 2 amide bonds. The Balaban J connectivity index is 2.16. The van der Waals surface area contributed by atoms with E-state index in [2.05, 4.69) is 27.0 Å². The number of rotatable bonds is 5. The monoisotopic (exact) mass is 303 g/mol.